The largest absolute Gasteiger partial charge is 0.368 e. The zero-order valence-corrected chi connectivity index (χ0v) is 14.7. The third-order valence-corrected chi connectivity index (χ3v) is 5.51. The highest BCUT2D eigenvalue weighted by Crippen LogP contribution is 2.35. The molecule has 128 valence electrons. The van der Waals surface area contributed by atoms with Crippen LogP contribution in [0.5, 0.6) is 0 Å². The number of halogens is 1. The lowest BCUT2D eigenvalue weighted by Gasteiger charge is -2.39. The summed E-state index contributed by atoms with van der Waals surface area (Å²) in [6.45, 7) is 2.48. The number of rotatable bonds is 2. The summed E-state index contributed by atoms with van der Waals surface area (Å²) in [5.41, 5.74) is 2.17. The molecule has 2 aliphatic heterocycles. The monoisotopic (exact) mass is 354 g/mol. The summed E-state index contributed by atoms with van der Waals surface area (Å²) in [5.74, 6) is 0.259. The van der Waals surface area contributed by atoms with Crippen molar-refractivity contribution in [3.05, 3.63) is 35.0 Å². The molecule has 2 aliphatic rings. The van der Waals surface area contributed by atoms with E-state index in [4.69, 9.17) is 11.6 Å². The Bertz CT molecular complexity index is 876. The van der Waals surface area contributed by atoms with E-state index in [1.807, 2.05) is 23.1 Å². The van der Waals surface area contributed by atoms with Gasteiger partial charge in [0.1, 0.15) is 6.07 Å². The van der Waals surface area contributed by atoms with E-state index in [1.54, 1.807) is 6.20 Å². The molecule has 2 saturated heterocycles. The van der Waals surface area contributed by atoms with Crippen molar-refractivity contribution in [2.24, 2.45) is 0 Å². The number of pyridine rings is 1. The first-order chi connectivity index (χ1) is 12.2. The Morgan fingerprint density at radius 3 is 2.92 bits per heavy atom. The lowest BCUT2D eigenvalue weighted by atomic mass is 10.0. The highest BCUT2D eigenvalue weighted by atomic mass is 35.5. The van der Waals surface area contributed by atoms with Gasteiger partial charge in [-0.2, -0.15) is 5.26 Å². The number of piperidine rings is 1. The topological polar surface area (TPSA) is 60.2 Å². The van der Waals surface area contributed by atoms with Crippen LogP contribution in [0.3, 0.4) is 0 Å². The zero-order chi connectivity index (χ0) is 17.4. The maximum atomic E-state index is 12.1. The van der Waals surface area contributed by atoms with Gasteiger partial charge in [-0.05, 0) is 25.3 Å². The number of hydrogen-bond donors (Lipinski definition) is 0. The van der Waals surface area contributed by atoms with Crippen molar-refractivity contribution < 1.29 is 4.79 Å². The zero-order valence-electron chi connectivity index (χ0n) is 13.9. The second-order valence-corrected chi connectivity index (χ2v) is 7.11. The summed E-state index contributed by atoms with van der Waals surface area (Å²) < 4.78 is 0. The number of nitrogens with zero attached hydrogens (tertiary/aromatic N) is 4. The van der Waals surface area contributed by atoms with E-state index >= 15 is 0 Å². The van der Waals surface area contributed by atoms with Crippen molar-refractivity contribution in [3.8, 4) is 6.07 Å². The number of carbonyl (C=O) groups excluding carboxylic acids is 1. The standard InChI is InChI=1S/C19H19ClN4O/c20-16-6-1-5-15-18(16)22-11-13(10-21)19(15)23-8-2-4-14(12-23)24-9-3-7-17(24)25/h1,5-6,11,14H,2-4,7-9,12H2. The number of fused-ring (bicyclic) bond motifs is 1. The van der Waals surface area contributed by atoms with Crippen LogP contribution in [0.15, 0.2) is 24.4 Å². The van der Waals surface area contributed by atoms with Gasteiger partial charge in [0.25, 0.3) is 0 Å². The van der Waals surface area contributed by atoms with Crippen LogP contribution in [0.1, 0.15) is 31.2 Å². The average Bonchev–Trinajstić information content (AvgIpc) is 3.07. The van der Waals surface area contributed by atoms with E-state index in [1.165, 1.54) is 0 Å². The van der Waals surface area contributed by atoms with Crippen molar-refractivity contribution in [2.45, 2.75) is 31.7 Å². The van der Waals surface area contributed by atoms with Crippen LogP contribution in [0.2, 0.25) is 5.02 Å². The lowest BCUT2D eigenvalue weighted by molar-refractivity contribution is -0.129. The van der Waals surface area contributed by atoms with Crippen LogP contribution in [-0.2, 0) is 4.79 Å². The molecule has 2 aromatic rings. The number of aromatic nitrogens is 1. The summed E-state index contributed by atoms with van der Waals surface area (Å²) in [5, 5.41) is 11.1. The molecule has 3 heterocycles. The number of nitriles is 1. The van der Waals surface area contributed by atoms with Crippen molar-refractivity contribution in [1.29, 1.82) is 5.26 Å². The molecule has 0 saturated carbocycles. The van der Waals surface area contributed by atoms with Gasteiger partial charge in [0.05, 0.1) is 21.8 Å². The van der Waals surface area contributed by atoms with Crippen molar-refractivity contribution in [2.75, 3.05) is 24.5 Å². The smallest absolute Gasteiger partial charge is 0.222 e. The Labute approximate surface area is 151 Å². The number of anilines is 1. The minimum atomic E-state index is 0.220. The van der Waals surface area contributed by atoms with Gasteiger partial charge < -0.3 is 9.80 Å². The SMILES string of the molecule is N#Cc1cnc2c(Cl)cccc2c1N1CCCC(N2CCCC2=O)C1. The Balaban J connectivity index is 1.74. The molecule has 0 spiro atoms. The number of likely N-dealkylation sites (tertiary alicyclic amines) is 1. The summed E-state index contributed by atoms with van der Waals surface area (Å²) in [6, 6.07) is 8.16. The Morgan fingerprint density at radius 2 is 2.16 bits per heavy atom. The van der Waals surface area contributed by atoms with Crippen LogP contribution >= 0.6 is 11.6 Å². The van der Waals surface area contributed by atoms with Crippen molar-refractivity contribution in [3.63, 3.8) is 0 Å². The van der Waals surface area contributed by atoms with Crippen LogP contribution in [-0.4, -0.2) is 41.5 Å². The fourth-order valence-corrected chi connectivity index (χ4v) is 4.29. The second kappa shape index (κ2) is 6.53. The number of hydrogen-bond acceptors (Lipinski definition) is 4. The van der Waals surface area contributed by atoms with Gasteiger partial charge in [0, 0.05) is 43.7 Å². The van der Waals surface area contributed by atoms with Crippen molar-refractivity contribution in [1.82, 2.24) is 9.88 Å². The Morgan fingerprint density at radius 1 is 1.28 bits per heavy atom. The molecule has 0 radical (unpaired) electrons. The van der Waals surface area contributed by atoms with E-state index in [0.717, 1.165) is 55.5 Å². The highest BCUT2D eigenvalue weighted by molar-refractivity contribution is 6.35. The van der Waals surface area contributed by atoms with Gasteiger partial charge in [-0.3, -0.25) is 9.78 Å². The normalized spacial score (nSPS) is 21.0. The predicted molar refractivity (Wildman–Crippen MR) is 97.7 cm³/mol. The lowest BCUT2D eigenvalue weighted by Crippen LogP contribution is -2.48. The van der Waals surface area contributed by atoms with Crippen LogP contribution in [0.4, 0.5) is 5.69 Å². The first kappa shape index (κ1) is 16.2. The average molecular weight is 355 g/mol. The molecule has 6 heteroatoms. The molecule has 1 atom stereocenters. The fraction of sp³-hybridized carbons (Fsp3) is 0.421. The van der Waals surface area contributed by atoms with E-state index in [9.17, 15) is 10.1 Å². The van der Waals surface area contributed by atoms with Gasteiger partial charge in [-0.1, -0.05) is 23.7 Å². The Kier molecular flexibility index (Phi) is 4.22. The molecule has 25 heavy (non-hydrogen) atoms. The molecular formula is C19H19ClN4O. The van der Waals surface area contributed by atoms with Gasteiger partial charge in [0.15, 0.2) is 0 Å². The summed E-state index contributed by atoms with van der Waals surface area (Å²) in [4.78, 5) is 20.8. The molecule has 1 unspecified atom stereocenters. The van der Waals surface area contributed by atoms with Gasteiger partial charge in [-0.15, -0.1) is 0 Å². The van der Waals surface area contributed by atoms with Crippen LogP contribution in [0, 0.1) is 11.3 Å². The predicted octanol–water partition coefficient (Wildman–Crippen LogP) is 3.35. The quantitative estimate of drug-likeness (QED) is 0.829. The maximum absolute atomic E-state index is 12.1. The van der Waals surface area contributed by atoms with Crippen LogP contribution < -0.4 is 4.90 Å². The number of benzene rings is 1. The summed E-state index contributed by atoms with van der Waals surface area (Å²) in [7, 11) is 0. The van der Waals surface area contributed by atoms with E-state index < -0.39 is 0 Å². The molecule has 5 nitrogen and oxygen atoms in total. The minimum absolute atomic E-state index is 0.220. The molecule has 0 aliphatic carbocycles. The van der Waals surface area contributed by atoms with E-state index in [2.05, 4.69) is 16.0 Å². The Hall–Kier alpha value is -2.32. The summed E-state index contributed by atoms with van der Waals surface area (Å²) >= 11 is 6.30. The van der Waals surface area contributed by atoms with Gasteiger partial charge >= 0.3 is 0 Å². The molecule has 0 N–H and O–H groups in total. The third kappa shape index (κ3) is 2.81. The first-order valence-electron chi connectivity index (χ1n) is 8.71. The molecule has 4 rings (SSSR count). The third-order valence-electron chi connectivity index (χ3n) is 5.20. The minimum Gasteiger partial charge on any atom is -0.368 e. The molecule has 1 amide bonds. The molecule has 1 aromatic heterocycles. The molecular weight excluding hydrogens is 336 g/mol. The molecule has 0 bridgehead atoms. The van der Waals surface area contributed by atoms with Crippen LogP contribution in [0.25, 0.3) is 10.9 Å². The summed E-state index contributed by atoms with van der Waals surface area (Å²) in [6.07, 6.45) is 5.24. The number of amides is 1. The molecule has 1 aromatic carbocycles. The van der Waals surface area contributed by atoms with E-state index in [0.29, 0.717) is 17.0 Å². The maximum Gasteiger partial charge on any atom is 0.222 e. The number of carbonyl (C=O) groups is 1. The van der Waals surface area contributed by atoms with E-state index in [-0.39, 0.29) is 11.9 Å². The second-order valence-electron chi connectivity index (χ2n) is 6.70. The first-order valence-corrected chi connectivity index (χ1v) is 9.08. The van der Waals surface area contributed by atoms with Gasteiger partial charge in [-0.25, -0.2) is 0 Å². The highest BCUT2D eigenvalue weighted by Gasteiger charge is 2.32. The van der Waals surface area contributed by atoms with Gasteiger partial charge in [0.2, 0.25) is 5.91 Å². The fourth-order valence-electron chi connectivity index (χ4n) is 4.06. The molecule has 2 fully saturated rings. The van der Waals surface area contributed by atoms with Crippen molar-refractivity contribution >= 4 is 34.1 Å². The number of para-hydroxylation sites is 1.